The Morgan fingerprint density at radius 2 is 1.91 bits per heavy atom. The fourth-order valence-corrected chi connectivity index (χ4v) is 2.21. The van der Waals surface area contributed by atoms with Crippen molar-refractivity contribution >= 4 is 36.5 Å². The SMILES string of the molecule is CN(C)C(=S)SS(=O)(=O)[O-].[Na+]. The summed E-state index contributed by atoms with van der Waals surface area (Å²) in [6.07, 6.45) is 0. The fourth-order valence-electron chi connectivity index (χ4n) is 0.162. The molecule has 60 valence electrons. The summed E-state index contributed by atoms with van der Waals surface area (Å²) in [5.74, 6) is 0. The van der Waals surface area contributed by atoms with Crippen molar-refractivity contribution in [2.45, 2.75) is 0 Å². The van der Waals surface area contributed by atoms with E-state index in [1.807, 2.05) is 0 Å². The summed E-state index contributed by atoms with van der Waals surface area (Å²) < 4.78 is 30.2. The number of rotatable bonds is 1. The Hall–Kier alpha value is 1.15. The average Bonchev–Trinajstić information content (AvgIpc) is 1.60. The van der Waals surface area contributed by atoms with Gasteiger partial charge in [-0.15, -0.1) is 0 Å². The summed E-state index contributed by atoms with van der Waals surface area (Å²) in [5.41, 5.74) is 0. The first-order valence-electron chi connectivity index (χ1n) is 2.19. The number of hydrogen-bond donors (Lipinski definition) is 0. The number of hydrogen-bond acceptors (Lipinski definition) is 5. The van der Waals surface area contributed by atoms with Crippen molar-refractivity contribution < 1.29 is 42.5 Å². The van der Waals surface area contributed by atoms with Crippen LogP contribution >= 0.6 is 23.0 Å². The molecule has 0 aliphatic carbocycles. The van der Waals surface area contributed by atoms with Crippen LogP contribution in [-0.2, 0) is 9.15 Å². The first-order valence-corrected chi connectivity index (χ1v) is 5.34. The van der Waals surface area contributed by atoms with Crippen molar-refractivity contribution in [1.82, 2.24) is 4.90 Å². The van der Waals surface area contributed by atoms with Crippen molar-refractivity contribution in [2.24, 2.45) is 0 Å². The first kappa shape index (κ1) is 14.7. The van der Waals surface area contributed by atoms with Gasteiger partial charge in [0.05, 0.1) is 0 Å². The largest absolute Gasteiger partial charge is 1.00 e. The van der Waals surface area contributed by atoms with E-state index in [0.29, 0.717) is 0 Å². The van der Waals surface area contributed by atoms with Gasteiger partial charge in [0.15, 0.2) is 9.15 Å². The molecule has 0 saturated heterocycles. The minimum atomic E-state index is -4.28. The van der Waals surface area contributed by atoms with Crippen LogP contribution in [0.3, 0.4) is 0 Å². The average molecular weight is 223 g/mol. The predicted octanol–water partition coefficient (Wildman–Crippen LogP) is -2.97. The van der Waals surface area contributed by atoms with E-state index in [0.717, 1.165) is 0 Å². The minimum absolute atomic E-state index is 0. The van der Waals surface area contributed by atoms with E-state index in [1.165, 1.54) is 4.90 Å². The second-order valence-corrected chi connectivity index (χ2v) is 5.39. The Morgan fingerprint density at radius 3 is 2.00 bits per heavy atom. The third kappa shape index (κ3) is 9.06. The molecule has 0 spiro atoms. The maximum atomic E-state index is 10.0. The zero-order valence-electron chi connectivity index (χ0n) is 6.40. The predicted molar refractivity (Wildman–Crippen MR) is 43.6 cm³/mol. The molecular weight excluding hydrogens is 217 g/mol. The van der Waals surface area contributed by atoms with Gasteiger partial charge in [-0.1, -0.05) is 12.2 Å². The molecule has 11 heavy (non-hydrogen) atoms. The van der Waals surface area contributed by atoms with Crippen LogP contribution in [0.1, 0.15) is 0 Å². The third-order valence-corrected chi connectivity index (χ3v) is 3.27. The van der Waals surface area contributed by atoms with Gasteiger partial charge in [-0.2, -0.15) is 0 Å². The van der Waals surface area contributed by atoms with E-state index in [2.05, 4.69) is 12.2 Å². The molecule has 0 aromatic rings. The van der Waals surface area contributed by atoms with Gasteiger partial charge in [-0.25, -0.2) is 8.42 Å². The molecule has 0 bridgehead atoms. The third-order valence-electron chi connectivity index (χ3n) is 0.538. The molecule has 0 rings (SSSR count). The Balaban J connectivity index is 0. The zero-order chi connectivity index (χ0) is 8.36. The molecular formula is C3H6NNaO3S3. The van der Waals surface area contributed by atoms with Crippen molar-refractivity contribution in [3.8, 4) is 0 Å². The van der Waals surface area contributed by atoms with E-state index < -0.39 is 9.15 Å². The first-order chi connectivity index (χ1) is 4.33. The van der Waals surface area contributed by atoms with Gasteiger partial charge in [0.25, 0.3) is 0 Å². The van der Waals surface area contributed by atoms with Crippen LogP contribution in [-0.4, -0.2) is 36.3 Å². The van der Waals surface area contributed by atoms with Crippen LogP contribution < -0.4 is 29.6 Å². The van der Waals surface area contributed by atoms with Crippen LogP contribution in [0.15, 0.2) is 0 Å². The second kappa shape index (κ2) is 5.74. The minimum Gasteiger partial charge on any atom is -0.739 e. The zero-order valence-corrected chi connectivity index (χ0v) is 10.8. The smallest absolute Gasteiger partial charge is 0.739 e. The topological polar surface area (TPSA) is 60.4 Å². The summed E-state index contributed by atoms with van der Waals surface area (Å²) in [5, 5.41) is 0. The standard InChI is InChI=1S/C3H7NO3S3.Na/c1-4(2)3(8)9-10(5,6)7;/h1-2H3,(H,5,6,7);/q;+1/p-1. The molecule has 0 heterocycles. The van der Waals surface area contributed by atoms with Gasteiger partial charge >= 0.3 is 29.6 Å². The molecule has 0 radical (unpaired) electrons. The van der Waals surface area contributed by atoms with Gasteiger partial charge in [0, 0.05) is 24.9 Å². The van der Waals surface area contributed by atoms with Crippen molar-refractivity contribution in [3.05, 3.63) is 0 Å². The Labute approximate surface area is 97.2 Å². The second-order valence-electron chi connectivity index (χ2n) is 1.65. The Morgan fingerprint density at radius 1 is 1.55 bits per heavy atom. The maximum Gasteiger partial charge on any atom is 1.00 e. The van der Waals surface area contributed by atoms with Crippen LogP contribution in [0.4, 0.5) is 0 Å². The van der Waals surface area contributed by atoms with Crippen molar-refractivity contribution in [2.75, 3.05) is 14.1 Å². The molecule has 0 saturated carbocycles. The monoisotopic (exact) mass is 223 g/mol. The summed E-state index contributed by atoms with van der Waals surface area (Å²) in [7, 11) is -1.01. The van der Waals surface area contributed by atoms with Crippen molar-refractivity contribution in [1.29, 1.82) is 0 Å². The number of nitrogens with zero attached hydrogens (tertiary/aromatic N) is 1. The van der Waals surface area contributed by atoms with Gasteiger partial charge in [-0.3, -0.25) is 0 Å². The molecule has 0 aromatic carbocycles. The maximum absolute atomic E-state index is 10.0. The van der Waals surface area contributed by atoms with Gasteiger partial charge in [-0.05, 0) is 0 Å². The van der Waals surface area contributed by atoms with Gasteiger partial charge in [0.2, 0.25) is 0 Å². The van der Waals surface area contributed by atoms with Crippen LogP contribution in [0.5, 0.6) is 0 Å². The summed E-state index contributed by atoms with van der Waals surface area (Å²) in [6, 6.07) is 0. The summed E-state index contributed by atoms with van der Waals surface area (Å²) in [6.45, 7) is 0. The summed E-state index contributed by atoms with van der Waals surface area (Å²) in [4.78, 5) is 1.38. The quantitative estimate of drug-likeness (QED) is 0.205. The molecule has 0 N–H and O–H groups in total. The molecule has 0 amide bonds. The summed E-state index contributed by atoms with van der Waals surface area (Å²) >= 11 is 4.54. The normalized spacial score (nSPS) is 10.1. The fraction of sp³-hybridized carbons (Fsp3) is 0.667. The molecule has 0 atom stereocenters. The van der Waals surface area contributed by atoms with Gasteiger partial charge < -0.3 is 9.45 Å². The van der Waals surface area contributed by atoms with Crippen LogP contribution in [0.25, 0.3) is 0 Å². The van der Waals surface area contributed by atoms with Gasteiger partial charge in [0.1, 0.15) is 4.32 Å². The molecule has 0 aromatic heterocycles. The number of thiocarbonyl (C=S) groups is 1. The van der Waals surface area contributed by atoms with E-state index in [1.54, 1.807) is 14.1 Å². The molecule has 0 aliphatic heterocycles. The Kier molecular flexibility index (Phi) is 7.65. The Bertz CT molecular complexity index is 224. The van der Waals surface area contributed by atoms with E-state index >= 15 is 0 Å². The van der Waals surface area contributed by atoms with E-state index in [-0.39, 0.29) is 44.7 Å². The van der Waals surface area contributed by atoms with Crippen molar-refractivity contribution in [3.63, 3.8) is 0 Å². The molecule has 4 nitrogen and oxygen atoms in total. The van der Waals surface area contributed by atoms with E-state index in [4.69, 9.17) is 0 Å². The molecule has 0 fully saturated rings. The molecule has 0 unspecified atom stereocenters. The van der Waals surface area contributed by atoms with Crippen LogP contribution in [0, 0.1) is 0 Å². The molecule has 0 aliphatic rings. The van der Waals surface area contributed by atoms with E-state index in [9.17, 15) is 13.0 Å². The van der Waals surface area contributed by atoms with Crippen LogP contribution in [0.2, 0.25) is 0 Å². The molecule has 8 heteroatoms.